The largest absolute Gasteiger partial charge is 0.319 e. The molecule has 20 heavy (non-hydrogen) atoms. The molecule has 3 nitrogen and oxygen atoms in total. The van der Waals surface area contributed by atoms with Crippen LogP contribution in [0.15, 0.2) is 53.1 Å². The fraction of sp³-hybridized carbons (Fsp3) is 0.188. The second kappa shape index (κ2) is 5.38. The molecule has 0 spiro atoms. The average molecular weight is 330 g/mol. The van der Waals surface area contributed by atoms with Crippen LogP contribution in [0.4, 0.5) is 0 Å². The molecule has 1 unspecified atom stereocenters. The molecule has 4 heteroatoms. The zero-order chi connectivity index (χ0) is 14.1. The molecule has 1 aromatic heterocycles. The van der Waals surface area contributed by atoms with Crippen LogP contribution in [0.3, 0.4) is 0 Å². The normalized spacial score (nSPS) is 12.8. The fourth-order valence-electron chi connectivity index (χ4n) is 2.47. The summed E-state index contributed by atoms with van der Waals surface area (Å²) in [6.07, 6.45) is 1.80. The first-order chi connectivity index (χ1) is 9.69. The molecule has 0 saturated heterocycles. The predicted octanol–water partition coefficient (Wildman–Crippen LogP) is 3.87. The second-order valence-corrected chi connectivity index (χ2v) is 5.72. The van der Waals surface area contributed by atoms with Crippen LogP contribution in [0.25, 0.3) is 10.8 Å². The van der Waals surface area contributed by atoms with Gasteiger partial charge in [0.05, 0.1) is 11.7 Å². The molecular formula is C16H16BrN3. The summed E-state index contributed by atoms with van der Waals surface area (Å²) in [6, 6.07) is 14.5. The molecule has 3 rings (SSSR count). The molecule has 0 saturated carbocycles. The Balaban J connectivity index is 2.03. The lowest BCUT2D eigenvalue weighted by Gasteiger charge is -2.14. The highest BCUT2D eigenvalue weighted by molar-refractivity contribution is 9.10. The van der Waals surface area contributed by atoms with Gasteiger partial charge >= 0.3 is 0 Å². The Bertz CT molecular complexity index is 748. The van der Waals surface area contributed by atoms with Gasteiger partial charge in [-0.25, -0.2) is 0 Å². The first kappa shape index (κ1) is 13.3. The molecule has 0 bridgehead atoms. The number of aryl methyl sites for hydroxylation is 1. The first-order valence-corrected chi connectivity index (χ1v) is 7.45. The minimum absolute atomic E-state index is 0.148. The van der Waals surface area contributed by atoms with E-state index in [0.29, 0.717) is 0 Å². The smallest absolute Gasteiger partial charge is 0.0723 e. The lowest BCUT2D eigenvalue weighted by Crippen LogP contribution is -2.17. The van der Waals surface area contributed by atoms with Gasteiger partial charge in [-0.15, -0.1) is 0 Å². The van der Waals surface area contributed by atoms with Crippen LogP contribution in [0, 0.1) is 0 Å². The molecule has 0 fully saturated rings. The van der Waals surface area contributed by atoms with E-state index in [2.05, 4.69) is 58.3 Å². The number of fused-ring (bicyclic) bond motifs is 1. The van der Waals surface area contributed by atoms with Crippen molar-refractivity contribution in [2.75, 3.05) is 0 Å². The van der Waals surface area contributed by atoms with E-state index in [0.717, 1.165) is 22.3 Å². The standard InChI is InChI=1S/C16H16BrN3/c1-2-20-15(7-8-19-20)16(18)13-4-3-12-10-14(17)6-5-11(12)9-13/h3-10,16H,2,18H2,1H3. The van der Waals surface area contributed by atoms with Gasteiger partial charge in [-0.3, -0.25) is 4.68 Å². The highest BCUT2D eigenvalue weighted by Crippen LogP contribution is 2.25. The zero-order valence-electron chi connectivity index (χ0n) is 11.3. The van der Waals surface area contributed by atoms with E-state index >= 15 is 0 Å². The lowest BCUT2D eigenvalue weighted by atomic mass is 10.0. The van der Waals surface area contributed by atoms with Crippen molar-refractivity contribution in [3.05, 3.63) is 64.4 Å². The van der Waals surface area contributed by atoms with E-state index < -0.39 is 0 Å². The van der Waals surface area contributed by atoms with Crippen LogP contribution in [0.2, 0.25) is 0 Å². The SMILES string of the molecule is CCn1nccc1C(N)c1ccc2cc(Br)ccc2c1. The molecule has 0 aliphatic heterocycles. The molecular weight excluding hydrogens is 314 g/mol. The number of rotatable bonds is 3. The zero-order valence-corrected chi connectivity index (χ0v) is 12.8. The van der Waals surface area contributed by atoms with Crippen LogP contribution >= 0.6 is 15.9 Å². The molecule has 2 aromatic carbocycles. The lowest BCUT2D eigenvalue weighted by molar-refractivity contribution is 0.601. The Kier molecular flexibility index (Phi) is 3.59. The highest BCUT2D eigenvalue weighted by atomic mass is 79.9. The monoisotopic (exact) mass is 329 g/mol. The number of nitrogens with two attached hydrogens (primary N) is 1. The summed E-state index contributed by atoms with van der Waals surface area (Å²) in [5.74, 6) is 0. The van der Waals surface area contributed by atoms with Crippen LogP contribution in [-0.4, -0.2) is 9.78 Å². The number of hydrogen-bond acceptors (Lipinski definition) is 2. The Morgan fingerprint density at radius 1 is 1.15 bits per heavy atom. The number of benzene rings is 2. The second-order valence-electron chi connectivity index (χ2n) is 4.80. The van der Waals surface area contributed by atoms with E-state index in [1.807, 2.05) is 16.8 Å². The van der Waals surface area contributed by atoms with E-state index in [9.17, 15) is 0 Å². The molecule has 0 radical (unpaired) electrons. The Morgan fingerprint density at radius 2 is 1.90 bits per heavy atom. The first-order valence-electron chi connectivity index (χ1n) is 6.65. The van der Waals surface area contributed by atoms with Crippen molar-refractivity contribution in [3.8, 4) is 0 Å². The minimum Gasteiger partial charge on any atom is -0.319 e. The number of halogens is 1. The van der Waals surface area contributed by atoms with Gasteiger partial charge in [-0.1, -0.05) is 34.1 Å². The topological polar surface area (TPSA) is 43.8 Å². The summed E-state index contributed by atoms with van der Waals surface area (Å²) in [5.41, 5.74) is 8.54. The summed E-state index contributed by atoms with van der Waals surface area (Å²) in [7, 11) is 0. The van der Waals surface area contributed by atoms with E-state index in [-0.39, 0.29) is 6.04 Å². The van der Waals surface area contributed by atoms with Crippen molar-refractivity contribution in [2.45, 2.75) is 19.5 Å². The third kappa shape index (κ3) is 2.37. The molecule has 0 aliphatic rings. The molecule has 102 valence electrons. The Morgan fingerprint density at radius 3 is 2.70 bits per heavy atom. The van der Waals surface area contributed by atoms with Crippen molar-refractivity contribution < 1.29 is 0 Å². The summed E-state index contributed by atoms with van der Waals surface area (Å²) in [5, 5.41) is 6.69. The molecule has 1 atom stereocenters. The maximum Gasteiger partial charge on any atom is 0.0723 e. The maximum atomic E-state index is 6.39. The van der Waals surface area contributed by atoms with Crippen molar-refractivity contribution in [2.24, 2.45) is 5.73 Å². The van der Waals surface area contributed by atoms with Gasteiger partial charge in [0, 0.05) is 17.2 Å². The van der Waals surface area contributed by atoms with Crippen molar-refractivity contribution in [1.29, 1.82) is 0 Å². The summed E-state index contributed by atoms with van der Waals surface area (Å²) in [6.45, 7) is 2.90. The van der Waals surface area contributed by atoms with Crippen molar-refractivity contribution >= 4 is 26.7 Å². The van der Waals surface area contributed by atoms with Gasteiger partial charge in [0.25, 0.3) is 0 Å². The third-order valence-electron chi connectivity index (χ3n) is 3.55. The van der Waals surface area contributed by atoms with Gasteiger partial charge in [-0.2, -0.15) is 5.10 Å². The van der Waals surface area contributed by atoms with Gasteiger partial charge < -0.3 is 5.73 Å². The predicted molar refractivity (Wildman–Crippen MR) is 85.6 cm³/mol. The van der Waals surface area contributed by atoms with Gasteiger partial charge in [0.1, 0.15) is 0 Å². The van der Waals surface area contributed by atoms with E-state index in [1.165, 1.54) is 10.8 Å². The summed E-state index contributed by atoms with van der Waals surface area (Å²) >= 11 is 3.49. The van der Waals surface area contributed by atoms with Crippen LogP contribution in [-0.2, 0) is 6.54 Å². The van der Waals surface area contributed by atoms with Crippen LogP contribution in [0.1, 0.15) is 24.2 Å². The quantitative estimate of drug-likeness (QED) is 0.792. The van der Waals surface area contributed by atoms with Gasteiger partial charge in [-0.05, 0) is 47.5 Å². The minimum atomic E-state index is -0.148. The number of hydrogen-bond donors (Lipinski definition) is 1. The average Bonchev–Trinajstić information content (AvgIpc) is 2.94. The third-order valence-corrected chi connectivity index (χ3v) is 4.05. The summed E-state index contributed by atoms with van der Waals surface area (Å²) in [4.78, 5) is 0. The maximum absolute atomic E-state index is 6.39. The molecule has 1 heterocycles. The highest BCUT2D eigenvalue weighted by Gasteiger charge is 2.13. The molecule has 0 aliphatic carbocycles. The van der Waals surface area contributed by atoms with Gasteiger partial charge in [0.15, 0.2) is 0 Å². The van der Waals surface area contributed by atoms with E-state index in [4.69, 9.17) is 5.73 Å². The van der Waals surface area contributed by atoms with E-state index in [1.54, 1.807) is 6.20 Å². The summed E-state index contributed by atoms with van der Waals surface area (Å²) < 4.78 is 3.03. The number of nitrogens with zero attached hydrogens (tertiary/aromatic N) is 2. The molecule has 2 N–H and O–H groups in total. The molecule has 0 amide bonds. The fourth-order valence-corrected chi connectivity index (χ4v) is 2.85. The van der Waals surface area contributed by atoms with Crippen LogP contribution < -0.4 is 5.73 Å². The Labute approximate surface area is 126 Å². The Hall–Kier alpha value is -1.65. The number of aromatic nitrogens is 2. The van der Waals surface area contributed by atoms with Gasteiger partial charge in [0.2, 0.25) is 0 Å². The van der Waals surface area contributed by atoms with Crippen molar-refractivity contribution in [3.63, 3.8) is 0 Å². The van der Waals surface area contributed by atoms with Crippen LogP contribution in [0.5, 0.6) is 0 Å². The molecule has 3 aromatic rings. The van der Waals surface area contributed by atoms with Crippen molar-refractivity contribution in [1.82, 2.24) is 9.78 Å².